The van der Waals surface area contributed by atoms with Gasteiger partial charge in [-0.2, -0.15) is 0 Å². The molecule has 0 spiro atoms. The topological polar surface area (TPSA) is 12.5 Å². The fraction of sp³-hybridized carbons (Fsp3) is 1.00. The molecular weight excluding hydrogens is 112 g/mol. The van der Waals surface area contributed by atoms with Gasteiger partial charge in [0.1, 0.15) is 0 Å². The van der Waals surface area contributed by atoms with Gasteiger partial charge >= 0.3 is 0 Å². The molecule has 0 N–H and O–H groups in total. The van der Waals surface area contributed by atoms with E-state index < -0.39 is 0 Å². The highest BCUT2D eigenvalue weighted by atomic mass is 16.6. The van der Waals surface area contributed by atoms with E-state index in [-0.39, 0.29) is 0 Å². The summed E-state index contributed by atoms with van der Waals surface area (Å²) in [6.45, 7) is 5.57. The average molecular weight is 128 g/mol. The lowest BCUT2D eigenvalue weighted by molar-refractivity contribution is 0.352. The number of hydrogen-bond acceptors (Lipinski definition) is 1. The number of ether oxygens (including phenoxy) is 1. The molecule has 1 nitrogen and oxygen atoms in total. The summed E-state index contributed by atoms with van der Waals surface area (Å²) >= 11 is 0. The van der Waals surface area contributed by atoms with E-state index >= 15 is 0 Å². The maximum Gasteiger partial charge on any atom is 0.0812 e. The molecule has 0 radical (unpaired) electrons. The van der Waals surface area contributed by atoms with Crippen molar-refractivity contribution in [3.05, 3.63) is 0 Å². The Morgan fingerprint density at radius 2 is 2.33 bits per heavy atom. The predicted molar refractivity (Wildman–Crippen MR) is 38.4 cm³/mol. The van der Waals surface area contributed by atoms with Crippen LogP contribution in [0.1, 0.15) is 33.1 Å². The van der Waals surface area contributed by atoms with E-state index in [1.807, 2.05) is 0 Å². The highest BCUT2D eigenvalue weighted by molar-refractivity contribution is 4.71. The summed E-state index contributed by atoms with van der Waals surface area (Å²) in [5, 5.41) is 0. The molecule has 1 heteroatoms. The summed E-state index contributed by atoms with van der Waals surface area (Å²) in [4.78, 5) is 0. The van der Waals surface area contributed by atoms with Crippen molar-refractivity contribution in [1.82, 2.24) is 0 Å². The SMILES string of the molecule is CCC[C@@H](C)C[C@H]1CO1. The fourth-order valence-electron chi connectivity index (χ4n) is 1.26. The second-order valence-electron chi connectivity index (χ2n) is 3.08. The number of rotatable bonds is 4. The third kappa shape index (κ3) is 2.85. The van der Waals surface area contributed by atoms with Crippen molar-refractivity contribution < 1.29 is 4.74 Å². The third-order valence-electron chi connectivity index (χ3n) is 1.85. The molecule has 0 saturated carbocycles. The Balaban J connectivity index is 1.95. The lowest BCUT2D eigenvalue weighted by Gasteiger charge is -2.05. The van der Waals surface area contributed by atoms with Gasteiger partial charge in [0.05, 0.1) is 12.7 Å². The molecule has 0 bridgehead atoms. The van der Waals surface area contributed by atoms with Crippen LogP contribution in [0.3, 0.4) is 0 Å². The summed E-state index contributed by atoms with van der Waals surface area (Å²) < 4.78 is 5.13. The maximum atomic E-state index is 5.13. The molecule has 9 heavy (non-hydrogen) atoms. The van der Waals surface area contributed by atoms with Crippen LogP contribution in [0.2, 0.25) is 0 Å². The zero-order valence-corrected chi connectivity index (χ0v) is 6.39. The smallest absolute Gasteiger partial charge is 0.0812 e. The van der Waals surface area contributed by atoms with Crippen LogP contribution in [0, 0.1) is 5.92 Å². The first-order chi connectivity index (χ1) is 4.33. The summed E-state index contributed by atoms with van der Waals surface area (Å²) in [7, 11) is 0. The molecule has 1 aliphatic rings. The monoisotopic (exact) mass is 128 g/mol. The highest BCUT2D eigenvalue weighted by Gasteiger charge is 2.23. The van der Waals surface area contributed by atoms with Gasteiger partial charge in [0, 0.05) is 0 Å². The molecule has 0 aromatic heterocycles. The Labute approximate surface area is 57.4 Å². The molecule has 54 valence electrons. The molecule has 1 heterocycles. The van der Waals surface area contributed by atoms with Gasteiger partial charge in [-0.3, -0.25) is 0 Å². The Morgan fingerprint density at radius 1 is 1.67 bits per heavy atom. The van der Waals surface area contributed by atoms with E-state index in [4.69, 9.17) is 4.74 Å². The van der Waals surface area contributed by atoms with Gasteiger partial charge in [0.15, 0.2) is 0 Å². The van der Waals surface area contributed by atoms with E-state index in [1.165, 1.54) is 19.3 Å². The van der Waals surface area contributed by atoms with Crippen molar-refractivity contribution in [1.29, 1.82) is 0 Å². The van der Waals surface area contributed by atoms with Gasteiger partial charge in [-0.1, -0.05) is 26.7 Å². The van der Waals surface area contributed by atoms with E-state index in [0.29, 0.717) is 6.10 Å². The van der Waals surface area contributed by atoms with Gasteiger partial charge < -0.3 is 4.74 Å². The number of epoxide rings is 1. The zero-order valence-electron chi connectivity index (χ0n) is 6.39. The van der Waals surface area contributed by atoms with Crippen molar-refractivity contribution in [3.63, 3.8) is 0 Å². The van der Waals surface area contributed by atoms with Crippen LogP contribution >= 0.6 is 0 Å². The summed E-state index contributed by atoms with van der Waals surface area (Å²) in [6.07, 6.45) is 4.59. The molecule has 0 unspecified atom stereocenters. The lowest BCUT2D eigenvalue weighted by Crippen LogP contribution is -1.98. The molecule has 1 saturated heterocycles. The first-order valence-corrected chi connectivity index (χ1v) is 3.94. The van der Waals surface area contributed by atoms with Gasteiger partial charge in [0.25, 0.3) is 0 Å². The van der Waals surface area contributed by atoms with Gasteiger partial charge in [-0.15, -0.1) is 0 Å². The molecule has 0 aromatic rings. The molecule has 1 fully saturated rings. The molecule has 0 aliphatic carbocycles. The van der Waals surface area contributed by atoms with Gasteiger partial charge in [-0.05, 0) is 12.3 Å². The summed E-state index contributed by atoms with van der Waals surface area (Å²) in [5.41, 5.74) is 0. The quantitative estimate of drug-likeness (QED) is 0.529. The van der Waals surface area contributed by atoms with Crippen molar-refractivity contribution in [2.24, 2.45) is 5.92 Å². The summed E-state index contributed by atoms with van der Waals surface area (Å²) in [5.74, 6) is 0.877. The minimum Gasteiger partial charge on any atom is -0.373 e. The minimum atomic E-state index is 0.631. The van der Waals surface area contributed by atoms with Crippen LogP contribution in [0.4, 0.5) is 0 Å². The lowest BCUT2D eigenvalue weighted by atomic mass is 10.0. The molecule has 0 amide bonds. The Hall–Kier alpha value is -0.0400. The second-order valence-corrected chi connectivity index (χ2v) is 3.08. The molecular formula is C8H16O. The fourth-order valence-corrected chi connectivity index (χ4v) is 1.26. The van der Waals surface area contributed by atoms with Gasteiger partial charge in [-0.25, -0.2) is 0 Å². The third-order valence-corrected chi connectivity index (χ3v) is 1.85. The minimum absolute atomic E-state index is 0.631. The van der Waals surface area contributed by atoms with Crippen molar-refractivity contribution in [3.8, 4) is 0 Å². The Kier molecular flexibility index (Phi) is 2.52. The van der Waals surface area contributed by atoms with Crippen LogP contribution in [0.5, 0.6) is 0 Å². The Morgan fingerprint density at radius 3 is 2.78 bits per heavy atom. The van der Waals surface area contributed by atoms with E-state index in [1.54, 1.807) is 0 Å². The molecule has 2 atom stereocenters. The van der Waals surface area contributed by atoms with Crippen molar-refractivity contribution in [2.75, 3.05) is 6.61 Å². The number of hydrogen-bond donors (Lipinski definition) is 0. The van der Waals surface area contributed by atoms with E-state index in [0.717, 1.165) is 12.5 Å². The van der Waals surface area contributed by atoms with Crippen LogP contribution in [0.25, 0.3) is 0 Å². The van der Waals surface area contributed by atoms with Crippen LogP contribution in [0.15, 0.2) is 0 Å². The average Bonchev–Trinajstić information content (AvgIpc) is 2.50. The second kappa shape index (κ2) is 3.21. The highest BCUT2D eigenvalue weighted by Crippen LogP contribution is 2.21. The summed E-state index contributed by atoms with van der Waals surface area (Å²) in [6, 6.07) is 0. The Bertz CT molecular complexity index is 76.6. The molecule has 0 aromatic carbocycles. The van der Waals surface area contributed by atoms with Crippen LogP contribution < -0.4 is 0 Å². The normalized spacial score (nSPS) is 28.0. The van der Waals surface area contributed by atoms with Gasteiger partial charge in [0.2, 0.25) is 0 Å². The van der Waals surface area contributed by atoms with E-state index in [9.17, 15) is 0 Å². The first-order valence-electron chi connectivity index (χ1n) is 3.94. The largest absolute Gasteiger partial charge is 0.373 e. The predicted octanol–water partition coefficient (Wildman–Crippen LogP) is 2.21. The van der Waals surface area contributed by atoms with E-state index in [2.05, 4.69) is 13.8 Å². The maximum absolute atomic E-state index is 5.13. The standard InChI is InChI=1S/C8H16O/c1-3-4-7(2)5-8-6-9-8/h7-8H,3-6H2,1-2H3/t7-,8+/m1/s1. The first kappa shape index (κ1) is 7.07. The van der Waals surface area contributed by atoms with Crippen molar-refractivity contribution >= 4 is 0 Å². The van der Waals surface area contributed by atoms with Crippen molar-refractivity contribution in [2.45, 2.75) is 39.2 Å². The molecule has 1 aliphatic heterocycles. The molecule has 1 rings (SSSR count). The zero-order chi connectivity index (χ0) is 6.69. The van der Waals surface area contributed by atoms with Crippen LogP contribution in [-0.4, -0.2) is 12.7 Å². The van der Waals surface area contributed by atoms with Crippen LogP contribution in [-0.2, 0) is 4.74 Å².